The van der Waals surface area contributed by atoms with Crippen LogP contribution >= 0.6 is 0 Å². The SMILES string of the molecule is Cc1c[c-]c(-c2cc(C)c(CC(C)C)cn2)cc1.Cc1cnc(-c2[c-]cc3oc4ccccc4c3c2C(C)(C)c2ccccc2)cc1-c1ccccc1.[Ir]. The summed E-state index contributed by atoms with van der Waals surface area (Å²) in [7, 11) is 0. The van der Waals surface area contributed by atoms with Crippen LogP contribution in [0.3, 0.4) is 0 Å². The third-order valence-corrected chi connectivity index (χ3v) is 10.1. The van der Waals surface area contributed by atoms with Crippen molar-refractivity contribution in [2.24, 2.45) is 5.92 Å². The number of pyridine rings is 2. The average Bonchev–Trinajstić information content (AvgIpc) is 3.55. The van der Waals surface area contributed by atoms with Crippen molar-refractivity contribution in [1.82, 2.24) is 9.97 Å². The van der Waals surface area contributed by atoms with E-state index in [1.54, 1.807) is 0 Å². The standard InChI is InChI=1S/C33H26NO.C17H20N.Ir/c1-22-21-34-28(20-27(22)23-12-6-4-7-13-23)25-18-19-30-31(26-16-10-11-17-29(26)35-30)32(25)33(2,3)24-14-8-5-9-15-24;1-12(2)9-16-11-18-17(10-14(16)4)15-7-5-13(3)6-8-15;/h4-17,19-21H,1-3H3;5-7,10-12H,9H2,1-4H3;/q2*-1;. The molecule has 0 fully saturated rings. The van der Waals surface area contributed by atoms with Gasteiger partial charge < -0.3 is 14.4 Å². The van der Waals surface area contributed by atoms with E-state index in [1.807, 2.05) is 42.7 Å². The van der Waals surface area contributed by atoms with Crippen molar-refractivity contribution in [1.29, 1.82) is 0 Å². The van der Waals surface area contributed by atoms with Crippen LogP contribution < -0.4 is 0 Å². The van der Waals surface area contributed by atoms with Crippen molar-refractivity contribution in [3.05, 3.63) is 179 Å². The molecule has 3 heterocycles. The van der Waals surface area contributed by atoms with Gasteiger partial charge in [0.2, 0.25) is 0 Å². The zero-order valence-electron chi connectivity index (χ0n) is 32.1. The van der Waals surface area contributed by atoms with Crippen molar-refractivity contribution in [3.8, 4) is 33.6 Å². The van der Waals surface area contributed by atoms with Gasteiger partial charge in [-0.25, -0.2) is 0 Å². The van der Waals surface area contributed by atoms with E-state index in [1.165, 1.54) is 38.9 Å². The summed E-state index contributed by atoms with van der Waals surface area (Å²) in [6.07, 6.45) is 5.08. The number of rotatable bonds is 7. The van der Waals surface area contributed by atoms with Crippen LogP contribution in [0.5, 0.6) is 0 Å². The Morgan fingerprint density at radius 2 is 1.37 bits per heavy atom. The second-order valence-electron chi connectivity index (χ2n) is 15.0. The first-order valence-electron chi connectivity index (χ1n) is 18.5. The fourth-order valence-corrected chi connectivity index (χ4v) is 7.22. The molecule has 0 spiro atoms. The van der Waals surface area contributed by atoms with Crippen molar-refractivity contribution in [3.63, 3.8) is 0 Å². The number of para-hydroxylation sites is 1. The van der Waals surface area contributed by atoms with Crippen molar-refractivity contribution >= 4 is 21.9 Å². The van der Waals surface area contributed by atoms with E-state index in [0.29, 0.717) is 5.92 Å². The van der Waals surface area contributed by atoms with Crippen LogP contribution in [-0.4, -0.2) is 9.97 Å². The van der Waals surface area contributed by atoms with Crippen LogP contribution in [0.4, 0.5) is 0 Å². The smallest absolute Gasteiger partial charge is 0.120 e. The minimum Gasteiger partial charge on any atom is -0.500 e. The molecule has 3 aromatic heterocycles. The van der Waals surface area contributed by atoms with E-state index in [0.717, 1.165) is 56.4 Å². The summed E-state index contributed by atoms with van der Waals surface area (Å²) in [6.45, 7) is 15.4. The molecule has 0 saturated carbocycles. The fourth-order valence-electron chi connectivity index (χ4n) is 7.22. The van der Waals surface area contributed by atoms with Gasteiger partial charge in [0.15, 0.2) is 0 Å². The zero-order valence-corrected chi connectivity index (χ0v) is 34.5. The predicted molar refractivity (Wildman–Crippen MR) is 221 cm³/mol. The van der Waals surface area contributed by atoms with Crippen molar-refractivity contribution in [2.45, 2.75) is 60.3 Å². The van der Waals surface area contributed by atoms with Gasteiger partial charge in [0.1, 0.15) is 5.58 Å². The van der Waals surface area contributed by atoms with Gasteiger partial charge >= 0.3 is 0 Å². The topological polar surface area (TPSA) is 38.9 Å². The first kappa shape index (κ1) is 38.6. The number of furan rings is 1. The first-order chi connectivity index (χ1) is 25.6. The number of hydrogen-bond acceptors (Lipinski definition) is 3. The maximum atomic E-state index is 6.28. The Morgan fingerprint density at radius 3 is 2.06 bits per heavy atom. The van der Waals surface area contributed by atoms with E-state index in [9.17, 15) is 0 Å². The summed E-state index contributed by atoms with van der Waals surface area (Å²) in [4.78, 5) is 9.47. The van der Waals surface area contributed by atoms with Gasteiger partial charge in [0.25, 0.3) is 0 Å². The van der Waals surface area contributed by atoms with Gasteiger partial charge in [-0.2, -0.15) is 0 Å². The molecule has 0 aliphatic carbocycles. The summed E-state index contributed by atoms with van der Waals surface area (Å²) >= 11 is 0. The van der Waals surface area contributed by atoms with E-state index in [4.69, 9.17) is 9.40 Å². The monoisotopic (exact) mass is 883 g/mol. The van der Waals surface area contributed by atoms with E-state index >= 15 is 0 Å². The number of benzene rings is 5. The Balaban J connectivity index is 0.000000222. The molecule has 0 aliphatic heterocycles. The Labute approximate surface area is 333 Å². The second-order valence-corrected chi connectivity index (χ2v) is 15.0. The van der Waals surface area contributed by atoms with Gasteiger partial charge in [-0.15, -0.1) is 58.7 Å². The first-order valence-corrected chi connectivity index (χ1v) is 18.5. The molecule has 0 bridgehead atoms. The summed E-state index contributed by atoms with van der Waals surface area (Å²) in [5, 5.41) is 2.25. The van der Waals surface area contributed by atoms with Crippen LogP contribution in [-0.2, 0) is 31.9 Å². The molecular formula is C50H46IrN2O-2. The molecule has 3 nitrogen and oxygen atoms in total. The largest absolute Gasteiger partial charge is 0.500 e. The molecule has 8 rings (SSSR count). The average molecular weight is 883 g/mol. The van der Waals surface area contributed by atoms with E-state index in [2.05, 4.69) is 157 Å². The molecule has 0 atom stereocenters. The maximum absolute atomic E-state index is 6.28. The van der Waals surface area contributed by atoms with Gasteiger partial charge in [-0.1, -0.05) is 137 Å². The van der Waals surface area contributed by atoms with Crippen LogP contribution in [0, 0.1) is 38.8 Å². The summed E-state index contributed by atoms with van der Waals surface area (Å²) < 4.78 is 6.28. The molecule has 0 unspecified atom stereocenters. The molecule has 0 N–H and O–H groups in total. The molecular weight excluding hydrogens is 837 g/mol. The molecule has 0 saturated heterocycles. The normalized spacial score (nSPS) is 11.3. The number of fused-ring (bicyclic) bond motifs is 3. The Kier molecular flexibility index (Phi) is 11.8. The van der Waals surface area contributed by atoms with Gasteiger partial charge in [0.05, 0.1) is 5.58 Å². The molecule has 0 aliphatic rings. The Morgan fingerprint density at radius 1 is 0.685 bits per heavy atom. The number of nitrogens with zero attached hydrogens (tertiary/aromatic N) is 2. The quantitative estimate of drug-likeness (QED) is 0.150. The predicted octanol–water partition coefficient (Wildman–Crippen LogP) is 13.1. The molecule has 273 valence electrons. The van der Waals surface area contributed by atoms with Crippen LogP contribution in [0.2, 0.25) is 0 Å². The second kappa shape index (κ2) is 16.5. The number of aromatic nitrogens is 2. The zero-order chi connectivity index (χ0) is 37.1. The summed E-state index contributed by atoms with van der Waals surface area (Å²) in [5.74, 6) is 0.669. The maximum Gasteiger partial charge on any atom is 0.120 e. The molecule has 8 aromatic rings. The van der Waals surface area contributed by atoms with E-state index in [-0.39, 0.29) is 25.5 Å². The fraction of sp³-hybridized carbons (Fsp3) is 0.200. The third kappa shape index (κ3) is 8.02. The summed E-state index contributed by atoms with van der Waals surface area (Å²) in [5.41, 5.74) is 15.3. The molecule has 0 amide bonds. The summed E-state index contributed by atoms with van der Waals surface area (Å²) in [6, 6.07) is 48.8. The molecule has 1 radical (unpaired) electrons. The number of hydrogen-bond donors (Lipinski definition) is 0. The van der Waals surface area contributed by atoms with Crippen LogP contribution in [0.15, 0.2) is 138 Å². The Bertz CT molecular complexity index is 2500. The van der Waals surface area contributed by atoms with E-state index < -0.39 is 0 Å². The minimum absolute atomic E-state index is 0. The third-order valence-electron chi connectivity index (χ3n) is 10.1. The Hall–Kier alpha value is -5.15. The van der Waals surface area contributed by atoms with Gasteiger partial charge in [-0.05, 0) is 76.9 Å². The molecule has 4 heteroatoms. The van der Waals surface area contributed by atoms with Crippen molar-refractivity contribution in [2.75, 3.05) is 0 Å². The molecule has 5 aromatic carbocycles. The van der Waals surface area contributed by atoms with Gasteiger partial charge in [-0.3, -0.25) is 0 Å². The molecule has 54 heavy (non-hydrogen) atoms. The van der Waals surface area contributed by atoms with Crippen LogP contribution in [0.1, 0.15) is 61.1 Å². The van der Waals surface area contributed by atoms with Crippen molar-refractivity contribution < 1.29 is 24.5 Å². The van der Waals surface area contributed by atoms with Gasteiger partial charge in [0, 0.05) is 37.9 Å². The minimum atomic E-state index is -0.307. The van der Waals surface area contributed by atoms with Crippen LogP contribution in [0.25, 0.3) is 55.6 Å². The number of aryl methyl sites for hydroxylation is 3.